The van der Waals surface area contributed by atoms with Crippen molar-refractivity contribution >= 4 is 28.3 Å². The fourth-order valence-corrected chi connectivity index (χ4v) is 2.23. The maximum Gasteiger partial charge on any atom is 0.311 e. The van der Waals surface area contributed by atoms with Crippen molar-refractivity contribution in [3.63, 3.8) is 0 Å². The molecule has 0 saturated heterocycles. The molecule has 2 heterocycles. The van der Waals surface area contributed by atoms with Gasteiger partial charge in [-0.25, -0.2) is 4.98 Å². The normalized spacial score (nSPS) is 10.2. The smallest absolute Gasteiger partial charge is 0.311 e. The van der Waals surface area contributed by atoms with Crippen LogP contribution in [0.15, 0.2) is 28.5 Å². The molecule has 0 spiro atoms. The van der Waals surface area contributed by atoms with Crippen LogP contribution in [0.5, 0.6) is 0 Å². The molecule has 1 amide bonds. The number of anilines is 1. The minimum atomic E-state index is -0.424. The van der Waals surface area contributed by atoms with Crippen LogP contribution in [-0.2, 0) is 23.0 Å². The number of aromatic nitrogens is 2. The quantitative estimate of drug-likeness (QED) is 0.844. The fraction of sp³-hybridized carbons (Fsp3) is 0.231. The highest BCUT2D eigenvalue weighted by molar-refractivity contribution is 7.14. The van der Waals surface area contributed by atoms with E-state index in [9.17, 15) is 14.4 Å². The molecular weight excluding hydrogens is 294 g/mol. The van der Waals surface area contributed by atoms with Crippen molar-refractivity contribution in [2.75, 3.05) is 12.4 Å². The molecule has 21 heavy (non-hydrogen) atoms. The number of carbonyl (C=O) groups excluding carboxylic acids is 2. The van der Waals surface area contributed by atoms with E-state index in [4.69, 9.17) is 0 Å². The summed E-state index contributed by atoms with van der Waals surface area (Å²) in [6, 6.07) is 2.79. The second kappa shape index (κ2) is 6.31. The van der Waals surface area contributed by atoms with Gasteiger partial charge in [0.1, 0.15) is 0 Å². The van der Waals surface area contributed by atoms with Gasteiger partial charge in [-0.15, -0.1) is 11.3 Å². The third kappa shape index (κ3) is 3.76. The summed E-state index contributed by atoms with van der Waals surface area (Å²) in [6.45, 7) is 0. The summed E-state index contributed by atoms with van der Waals surface area (Å²) in [5, 5.41) is 4.61. The van der Waals surface area contributed by atoms with Crippen molar-refractivity contribution in [1.82, 2.24) is 9.55 Å². The minimum absolute atomic E-state index is 0.0503. The van der Waals surface area contributed by atoms with Crippen LogP contribution in [0.2, 0.25) is 0 Å². The average molecular weight is 307 g/mol. The molecule has 7 nitrogen and oxygen atoms in total. The molecule has 110 valence electrons. The van der Waals surface area contributed by atoms with Gasteiger partial charge in [-0.05, 0) is 6.07 Å². The second-order valence-electron chi connectivity index (χ2n) is 4.22. The van der Waals surface area contributed by atoms with E-state index in [1.807, 2.05) is 0 Å². The predicted octanol–water partition coefficient (Wildman–Crippen LogP) is 0.810. The van der Waals surface area contributed by atoms with Gasteiger partial charge >= 0.3 is 5.97 Å². The van der Waals surface area contributed by atoms with Gasteiger partial charge in [0.25, 0.3) is 11.5 Å². The van der Waals surface area contributed by atoms with E-state index in [0.717, 1.165) is 0 Å². The number of thiazole rings is 1. The number of amides is 1. The van der Waals surface area contributed by atoms with Gasteiger partial charge in [0.2, 0.25) is 0 Å². The zero-order valence-corrected chi connectivity index (χ0v) is 12.3. The van der Waals surface area contributed by atoms with Crippen LogP contribution >= 0.6 is 11.3 Å². The van der Waals surface area contributed by atoms with Gasteiger partial charge in [-0.1, -0.05) is 0 Å². The van der Waals surface area contributed by atoms with E-state index in [1.54, 1.807) is 18.5 Å². The molecule has 0 radical (unpaired) electrons. The average Bonchev–Trinajstić information content (AvgIpc) is 2.88. The van der Waals surface area contributed by atoms with Crippen LogP contribution in [0.25, 0.3) is 0 Å². The molecule has 0 fully saturated rings. The summed E-state index contributed by atoms with van der Waals surface area (Å²) in [4.78, 5) is 38.7. The standard InChI is InChI=1S/C13H13N3O4S/c1-16-4-3-8(5-10(16)17)12(19)15-13-14-9(7-21-13)6-11(18)20-2/h3-5,7H,6H2,1-2H3,(H,14,15,19). The Morgan fingerprint density at radius 2 is 2.24 bits per heavy atom. The molecule has 8 heteroatoms. The first kappa shape index (κ1) is 14.9. The highest BCUT2D eigenvalue weighted by Crippen LogP contribution is 2.16. The van der Waals surface area contributed by atoms with Gasteiger partial charge in [0.15, 0.2) is 5.13 Å². The van der Waals surface area contributed by atoms with Gasteiger partial charge in [0, 0.05) is 30.3 Å². The van der Waals surface area contributed by atoms with Crippen molar-refractivity contribution in [1.29, 1.82) is 0 Å². The number of nitrogens with zero attached hydrogens (tertiary/aromatic N) is 2. The molecule has 0 aliphatic heterocycles. The first-order chi connectivity index (χ1) is 9.99. The molecule has 0 aromatic carbocycles. The third-order valence-electron chi connectivity index (χ3n) is 2.69. The number of carbonyl (C=O) groups is 2. The Bertz CT molecular complexity index is 735. The lowest BCUT2D eigenvalue weighted by molar-refractivity contribution is -0.139. The summed E-state index contributed by atoms with van der Waals surface area (Å²) in [5.41, 5.74) is 0.502. The van der Waals surface area contributed by atoms with Crippen LogP contribution in [-0.4, -0.2) is 28.5 Å². The summed E-state index contributed by atoms with van der Waals surface area (Å²) in [7, 11) is 2.90. The molecule has 0 atom stereocenters. The summed E-state index contributed by atoms with van der Waals surface area (Å²) in [6.07, 6.45) is 1.57. The highest BCUT2D eigenvalue weighted by atomic mass is 32.1. The third-order valence-corrected chi connectivity index (χ3v) is 3.50. The van der Waals surface area contributed by atoms with Gasteiger partial charge in [0.05, 0.1) is 19.2 Å². The van der Waals surface area contributed by atoms with Crippen LogP contribution in [0.3, 0.4) is 0 Å². The number of hydrogen-bond acceptors (Lipinski definition) is 6. The zero-order valence-electron chi connectivity index (χ0n) is 11.5. The van der Waals surface area contributed by atoms with Crippen molar-refractivity contribution in [2.24, 2.45) is 7.05 Å². The van der Waals surface area contributed by atoms with Crippen LogP contribution in [0.1, 0.15) is 16.1 Å². The number of rotatable bonds is 4. The SMILES string of the molecule is COC(=O)Cc1csc(NC(=O)c2ccn(C)c(=O)c2)n1. The van der Waals surface area contributed by atoms with E-state index in [0.29, 0.717) is 10.8 Å². The number of hydrogen-bond donors (Lipinski definition) is 1. The predicted molar refractivity (Wildman–Crippen MR) is 77.5 cm³/mol. The zero-order chi connectivity index (χ0) is 15.4. The minimum Gasteiger partial charge on any atom is -0.469 e. The largest absolute Gasteiger partial charge is 0.469 e. The molecule has 0 aliphatic rings. The van der Waals surface area contributed by atoms with Crippen molar-refractivity contribution in [3.8, 4) is 0 Å². The number of aryl methyl sites for hydroxylation is 1. The van der Waals surface area contributed by atoms with Gasteiger partial charge < -0.3 is 9.30 Å². The molecule has 0 bridgehead atoms. The fourth-order valence-electron chi connectivity index (χ4n) is 1.52. The molecule has 2 aromatic rings. The van der Waals surface area contributed by atoms with E-state index < -0.39 is 11.9 Å². The number of esters is 1. The van der Waals surface area contributed by atoms with Crippen molar-refractivity contribution in [3.05, 3.63) is 45.3 Å². The number of pyridine rings is 1. The molecule has 2 rings (SSSR count). The van der Waals surface area contributed by atoms with Crippen LogP contribution in [0.4, 0.5) is 5.13 Å². The molecule has 1 N–H and O–H groups in total. The molecule has 0 unspecified atom stereocenters. The van der Waals surface area contributed by atoms with Crippen LogP contribution < -0.4 is 10.9 Å². The second-order valence-corrected chi connectivity index (χ2v) is 5.07. The monoisotopic (exact) mass is 307 g/mol. The first-order valence-corrected chi connectivity index (χ1v) is 6.87. The Morgan fingerprint density at radius 3 is 2.90 bits per heavy atom. The Morgan fingerprint density at radius 1 is 1.48 bits per heavy atom. The van der Waals surface area contributed by atoms with Crippen molar-refractivity contribution in [2.45, 2.75) is 6.42 Å². The topological polar surface area (TPSA) is 90.3 Å². The Kier molecular flexibility index (Phi) is 4.49. The van der Waals surface area contributed by atoms with Gasteiger partial charge in [-0.2, -0.15) is 0 Å². The summed E-state index contributed by atoms with van der Waals surface area (Å²) >= 11 is 1.20. The molecule has 0 saturated carbocycles. The van der Waals surface area contributed by atoms with E-state index in [-0.39, 0.29) is 17.5 Å². The molecule has 0 aliphatic carbocycles. The maximum absolute atomic E-state index is 12.0. The Hall–Kier alpha value is -2.48. The Labute approximate surface area is 124 Å². The lowest BCUT2D eigenvalue weighted by Crippen LogP contribution is -2.19. The van der Waals surface area contributed by atoms with E-state index in [1.165, 1.54) is 35.3 Å². The molecule has 2 aromatic heterocycles. The van der Waals surface area contributed by atoms with E-state index >= 15 is 0 Å². The number of nitrogens with one attached hydrogen (secondary N) is 1. The lowest BCUT2D eigenvalue weighted by Gasteiger charge is -2.02. The number of methoxy groups -OCH3 is 1. The first-order valence-electron chi connectivity index (χ1n) is 5.99. The lowest BCUT2D eigenvalue weighted by atomic mass is 10.2. The maximum atomic E-state index is 12.0. The number of ether oxygens (including phenoxy) is 1. The Balaban J connectivity index is 2.07. The van der Waals surface area contributed by atoms with Gasteiger partial charge in [-0.3, -0.25) is 19.7 Å². The van der Waals surface area contributed by atoms with E-state index in [2.05, 4.69) is 15.0 Å². The van der Waals surface area contributed by atoms with Crippen molar-refractivity contribution < 1.29 is 14.3 Å². The highest BCUT2D eigenvalue weighted by Gasteiger charge is 2.11. The summed E-state index contributed by atoms with van der Waals surface area (Å²) in [5.74, 6) is -0.823. The summed E-state index contributed by atoms with van der Waals surface area (Å²) < 4.78 is 5.91. The van der Waals surface area contributed by atoms with Crippen LogP contribution in [0, 0.1) is 0 Å². The molecular formula is C13H13N3O4S.